The Bertz CT molecular complexity index is 202. The SMILES string of the molecule is CSC1(CN2CCNC(C)C2)CCCC1. The Labute approximate surface area is 98.2 Å². The molecule has 0 aromatic carbocycles. The van der Waals surface area contributed by atoms with Crippen molar-refractivity contribution in [1.82, 2.24) is 10.2 Å². The monoisotopic (exact) mass is 228 g/mol. The highest BCUT2D eigenvalue weighted by Crippen LogP contribution is 2.40. The van der Waals surface area contributed by atoms with E-state index < -0.39 is 0 Å². The first kappa shape index (κ1) is 11.7. The fourth-order valence-electron chi connectivity index (χ4n) is 3.01. The second-order valence-corrected chi connectivity index (χ2v) is 6.46. The van der Waals surface area contributed by atoms with Crippen molar-refractivity contribution < 1.29 is 0 Å². The van der Waals surface area contributed by atoms with Crippen molar-refractivity contribution in [1.29, 1.82) is 0 Å². The van der Waals surface area contributed by atoms with Crippen molar-refractivity contribution in [2.45, 2.75) is 43.4 Å². The zero-order valence-corrected chi connectivity index (χ0v) is 10.9. The predicted molar refractivity (Wildman–Crippen MR) is 68.6 cm³/mol. The van der Waals surface area contributed by atoms with E-state index in [1.807, 2.05) is 0 Å². The highest BCUT2D eigenvalue weighted by atomic mass is 32.2. The fraction of sp³-hybridized carbons (Fsp3) is 1.00. The number of piperazine rings is 1. The Kier molecular flexibility index (Phi) is 3.97. The smallest absolute Gasteiger partial charge is 0.0284 e. The lowest BCUT2D eigenvalue weighted by Gasteiger charge is -2.38. The summed E-state index contributed by atoms with van der Waals surface area (Å²) < 4.78 is 0.594. The Balaban J connectivity index is 1.88. The first-order valence-electron chi connectivity index (χ1n) is 6.25. The number of nitrogens with zero attached hydrogens (tertiary/aromatic N) is 1. The van der Waals surface area contributed by atoms with Crippen LogP contribution in [-0.4, -0.2) is 48.1 Å². The lowest BCUT2D eigenvalue weighted by Crippen LogP contribution is -2.52. The molecule has 1 saturated heterocycles. The van der Waals surface area contributed by atoms with E-state index in [9.17, 15) is 0 Å². The maximum Gasteiger partial charge on any atom is 0.0284 e. The lowest BCUT2D eigenvalue weighted by molar-refractivity contribution is 0.189. The number of rotatable bonds is 3. The van der Waals surface area contributed by atoms with E-state index in [0.717, 1.165) is 0 Å². The second kappa shape index (κ2) is 5.07. The van der Waals surface area contributed by atoms with Crippen LogP contribution in [0.3, 0.4) is 0 Å². The Morgan fingerprint density at radius 3 is 2.73 bits per heavy atom. The van der Waals surface area contributed by atoms with Crippen LogP contribution < -0.4 is 5.32 Å². The van der Waals surface area contributed by atoms with Gasteiger partial charge in [0.15, 0.2) is 0 Å². The molecule has 1 atom stereocenters. The second-order valence-electron chi connectivity index (χ2n) is 5.18. The quantitative estimate of drug-likeness (QED) is 0.795. The third kappa shape index (κ3) is 2.89. The average Bonchev–Trinajstić information content (AvgIpc) is 2.67. The van der Waals surface area contributed by atoms with Crippen LogP contribution in [0.2, 0.25) is 0 Å². The molecule has 0 aromatic heterocycles. The highest BCUT2D eigenvalue weighted by molar-refractivity contribution is 8.00. The summed E-state index contributed by atoms with van der Waals surface area (Å²) in [6, 6.07) is 0.680. The van der Waals surface area contributed by atoms with Gasteiger partial charge in [0.25, 0.3) is 0 Å². The zero-order valence-electron chi connectivity index (χ0n) is 10.1. The molecule has 1 N–H and O–H groups in total. The standard InChI is InChI=1S/C12H24N2S/c1-11-9-14(8-7-13-11)10-12(15-2)5-3-4-6-12/h11,13H,3-10H2,1-2H3. The molecule has 1 heterocycles. The van der Waals surface area contributed by atoms with Crippen molar-refractivity contribution >= 4 is 11.8 Å². The van der Waals surface area contributed by atoms with Gasteiger partial charge in [-0.2, -0.15) is 11.8 Å². The molecule has 0 amide bonds. The van der Waals surface area contributed by atoms with Crippen molar-refractivity contribution in [3.63, 3.8) is 0 Å². The maximum atomic E-state index is 3.52. The van der Waals surface area contributed by atoms with Crippen LogP contribution in [-0.2, 0) is 0 Å². The van der Waals surface area contributed by atoms with Crippen LogP contribution in [0.15, 0.2) is 0 Å². The van der Waals surface area contributed by atoms with Gasteiger partial charge in [-0.3, -0.25) is 4.90 Å². The largest absolute Gasteiger partial charge is 0.312 e. The summed E-state index contributed by atoms with van der Waals surface area (Å²) >= 11 is 2.11. The van der Waals surface area contributed by atoms with Crippen LogP contribution in [0.4, 0.5) is 0 Å². The predicted octanol–water partition coefficient (Wildman–Crippen LogP) is 1.96. The number of nitrogens with one attached hydrogen (secondary N) is 1. The van der Waals surface area contributed by atoms with Gasteiger partial charge >= 0.3 is 0 Å². The summed E-state index contributed by atoms with van der Waals surface area (Å²) in [5.74, 6) is 0. The van der Waals surface area contributed by atoms with E-state index in [-0.39, 0.29) is 0 Å². The molecule has 1 saturated carbocycles. The first-order chi connectivity index (χ1) is 7.24. The molecule has 15 heavy (non-hydrogen) atoms. The van der Waals surface area contributed by atoms with Gasteiger partial charge in [-0.1, -0.05) is 12.8 Å². The molecule has 0 aromatic rings. The van der Waals surface area contributed by atoms with Crippen LogP contribution in [0.5, 0.6) is 0 Å². The Morgan fingerprint density at radius 2 is 2.13 bits per heavy atom. The van der Waals surface area contributed by atoms with Crippen molar-refractivity contribution in [3.8, 4) is 0 Å². The molecule has 2 fully saturated rings. The van der Waals surface area contributed by atoms with Gasteiger partial charge in [0.1, 0.15) is 0 Å². The van der Waals surface area contributed by atoms with Gasteiger partial charge in [0, 0.05) is 37.0 Å². The Hall–Kier alpha value is 0.270. The molecule has 88 valence electrons. The van der Waals surface area contributed by atoms with Crippen LogP contribution in [0, 0.1) is 0 Å². The van der Waals surface area contributed by atoms with Crippen molar-refractivity contribution in [2.75, 3.05) is 32.4 Å². The number of hydrogen-bond acceptors (Lipinski definition) is 3. The third-order valence-electron chi connectivity index (χ3n) is 3.91. The molecule has 2 rings (SSSR count). The fourth-order valence-corrected chi connectivity index (χ4v) is 4.02. The van der Waals surface area contributed by atoms with Gasteiger partial charge in [0.05, 0.1) is 0 Å². The van der Waals surface area contributed by atoms with Crippen LogP contribution in [0.1, 0.15) is 32.6 Å². The number of thioether (sulfide) groups is 1. The molecule has 1 unspecified atom stereocenters. The molecule has 0 radical (unpaired) electrons. The third-order valence-corrected chi connectivity index (χ3v) is 5.32. The lowest BCUT2D eigenvalue weighted by atomic mass is 10.1. The summed E-state index contributed by atoms with van der Waals surface area (Å²) in [5.41, 5.74) is 0. The summed E-state index contributed by atoms with van der Waals surface area (Å²) in [4.78, 5) is 2.67. The van der Waals surface area contributed by atoms with Crippen LogP contribution >= 0.6 is 11.8 Å². The molecule has 2 nitrogen and oxygen atoms in total. The zero-order chi connectivity index (χ0) is 10.7. The first-order valence-corrected chi connectivity index (χ1v) is 7.47. The summed E-state index contributed by atoms with van der Waals surface area (Å²) in [6.07, 6.45) is 8.07. The molecule has 1 aliphatic heterocycles. The van der Waals surface area contributed by atoms with E-state index in [1.165, 1.54) is 51.9 Å². The summed E-state index contributed by atoms with van der Waals surface area (Å²) in [5, 5.41) is 3.52. The minimum Gasteiger partial charge on any atom is -0.312 e. The molecular formula is C12H24N2S. The van der Waals surface area contributed by atoms with Crippen molar-refractivity contribution in [2.24, 2.45) is 0 Å². The normalized spacial score (nSPS) is 32.0. The van der Waals surface area contributed by atoms with Gasteiger partial charge in [-0.05, 0) is 26.0 Å². The molecule has 3 heteroatoms. The topological polar surface area (TPSA) is 15.3 Å². The minimum atomic E-state index is 0.594. The van der Waals surface area contributed by atoms with E-state index in [0.29, 0.717) is 10.8 Å². The molecule has 2 aliphatic rings. The van der Waals surface area contributed by atoms with Gasteiger partial charge < -0.3 is 5.32 Å². The average molecular weight is 228 g/mol. The molecular weight excluding hydrogens is 204 g/mol. The van der Waals surface area contributed by atoms with Gasteiger partial charge in [-0.25, -0.2) is 0 Å². The molecule has 0 spiro atoms. The van der Waals surface area contributed by atoms with Crippen molar-refractivity contribution in [3.05, 3.63) is 0 Å². The summed E-state index contributed by atoms with van der Waals surface area (Å²) in [7, 11) is 0. The molecule has 0 bridgehead atoms. The van der Waals surface area contributed by atoms with E-state index >= 15 is 0 Å². The number of hydrogen-bond donors (Lipinski definition) is 1. The van der Waals surface area contributed by atoms with Crippen LogP contribution in [0.25, 0.3) is 0 Å². The van der Waals surface area contributed by atoms with Gasteiger partial charge in [-0.15, -0.1) is 0 Å². The minimum absolute atomic E-state index is 0.594. The van der Waals surface area contributed by atoms with E-state index in [4.69, 9.17) is 0 Å². The van der Waals surface area contributed by atoms with Gasteiger partial charge in [0.2, 0.25) is 0 Å². The molecule has 1 aliphatic carbocycles. The maximum absolute atomic E-state index is 3.52. The highest BCUT2D eigenvalue weighted by Gasteiger charge is 2.35. The Morgan fingerprint density at radius 1 is 1.40 bits per heavy atom. The van der Waals surface area contributed by atoms with E-state index in [2.05, 4.69) is 35.2 Å². The summed E-state index contributed by atoms with van der Waals surface area (Å²) in [6.45, 7) is 7.27. The van der Waals surface area contributed by atoms with E-state index in [1.54, 1.807) is 0 Å².